The van der Waals surface area contributed by atoms with Crippen LogP contribution in [0, 0.1) is 20.8 Å². The number of carbonyl (C=O) groups excluding carboxylic acids is 2. The molecular formula is C16H17NO3. The molecule has 0 aliphatic heterocycles. The summed E-state index contributed by atoms with van der Waals surface area (Å²) in [7, 11) is 1.36. The largest absolute Gasteiger partial charge is 0.465 e. The Morgan fingerprint density at radius 3 is 2.40 bits per heavy atom. The summed E-state index contributed by atoms with van der Waals surface area (Å²) in [5, 5.41) is 0. The van der Waals surface area contributed by atoms with Crippen LogP contribution in [0.15, 0.2) is 24.3 Å². The van der Waals surface area contributed by atoms with Gasteiger partial charge in [-0.1, -0.05) is 0 Å². The summed E-state index contributed by atoms with van der Waals surface area (Å²) in [5.41, 5.74) is 4.99. The van der Waals surface area contributed by atoms with Gasteiger partial charge in [0.25, 0.3) is 0 Å². The molecule has 0 atom stereocenters. The van der Waals surface area contributed by atoms with Gasteiger partial charge in [0.15, 0.2) is 6.29 Å². The predicted octanol–water partition coefficient (Wildman–Crippen LogP) is 3.00. The van der Waals surface area contributed by atoms with Crippen LogP contribution in [0.1, 0.15) is 37.7 Å². The fourth-order valence-corrected chi connectivity index (χ4v) is 2.43. The van der Waals surface area contributed by atoms with Crippen LogP contribution >= 0.6 is 0 Å². The number of ether oxygens (including phenoxy) is 1. The molecule has 0 amide bonds. The number of rotatable bonds is 3. The molecule has 0 aliphatic carbocycles. The lowest BCUT2D eigenvalue weighted by Crippen LogP contribution is -2.05. The third-order valence-corrected chi connectivity index (χ3v) is 3.46. The molecule has 0 aliphatic rings. The van der Waals surface area contributed by atoms with Crippen molar-refractivity contribution >= 4 is 12.3 Å². The molecule has 0 saturated heterocycles. The van der Waals surface area contributed by atoms with E-state index in [-0.39, 0.29) is 5.97 Å². The van der Waals surface area contributed by atoms with E-state index in [9.17, 15) is 9.59 Å². The quantitative estimate of drug-likeness (QED) is 0.637. The van der Waals surface area contributed by atoms with Crippen LogP contribution < -0.4 is 0 Å². The Balaban J connectivity index is 2.57. The molecule has 4 heteroatoms. The van der Waals surface area contributed by atoms with Gasteiger partial charge in [0.05, 0.1) is 12.7 Å². The smallest absolute Gasteiger partial charge is 0.337 e. The average molecular weight is 271 g/mol. The van der Waals surface area contributed by atoms with Crippen LogP contribution in [0.25, 0.3) is 5.69 Å². The van der Waals surface area contributed by atoms with E-state index in [0.29, 0.717) is 11.1 Å². The number of aromatic nitrogens is 1. The van der Waals surface area contributed by atoms with Gasteiger partial charge in [0, 0.05) is 22.6 Å². The van der Waals surface area contributed by atoms with E-state index < -0.39 is 0 Å². The topological polar surface area (TPSA) is 48.3 Å². The third-order valence-electron chi connectivity index (χ3n) is 3.46. The second-order valence-corrected chi connectivity index (χ2v) is 4.77. The van der Waals surface area contributed by atoms with Crippen LogP contribution in [-0.4, -0.2) is 23.9 Å². The van der Waals surface area contributed by atoms with Crippen molar-refractivity contribution in [2.24, 2.45) is 0 Å². The molecule has 0 bridgehead atoms. The Bertz CT molecular complexity index is 683. The van der Waals surface area contributed by atoms with E-state index in [1.165, 1.54) is 7.11 Å². The lowest BCUT2D eigenvalue weighted by atomic mass is 10.1. The number of nitrogens with zero attached hydrogens (tertiary/aromatic N) is 1. The SMILES string of the molecule is COC(=O)c1ccc(-n2c(C)cc(C=O)c2C)c(C)c1. The minimum absolute atomic E-state index is 0.353. The maximum Gasteiger partial charge on any atom is 0.337 e. The second kappa shape index (κ2) is 5.33. The highest BCUT2D eigenvalue weighted by molar-refractivity contribution is 5.90. The molecule has 1 aromatic heterocycles. The molecule has 104 valence electrons. The first-order valence-corrected chi connectivity index (χ1v) is 6.33. The monoisotopic (exact) mass is 271 g/mol. The molecule has 1 aromatic carbocycles. The van der Waals surface area contributed by atoms with Gasteiger partial charge < -0.3 is 9.30 Å². The summed E-state index contributed by atoms with van der Waals surface area (Å²) >= 11 is 0. The summed E-state index contributed by atoms with van der Waals surface area (Å²) in [6, 6.07) is 7.25. The fourth-order valence-electron chi connectivity index (χ4n) is 2.43. The van der Waals surface area contributed by atoms with Gasteiger partial charge >= 0.3 is 5.97 Å². The van der Waals surface area contributed by atoms with Crippen molar-refractivity contribution in [2.45, 2.75) is 20.8 Å². The van der Waals surface area contributed by atoms with Crippen molar-refractivity contribution in [3.8, 4) is 5.69 Å². The molecule has 0 spiro atoms. The molecule has 0 N–H and O–H groups in total. The molecule has 0 unspecified atom stereocenters. The summed E-state index contributed by atoms with van der Waals surface area (Å²) in [4.78, 5) is 22.5. The van der Waals surface area contributed by atoms with E-state index in [2.05, 4.69) is 0 Å². The fraction of sp³-hybridized carbons (Fsp3) is 0.250. The predicted molar refractivity (Wildman–Crippen MR) is 76.7 cm³/mol. The number of benzene rings is 1. The minimum atomic E-state index is -0.353. The Hall–Kier alpha value is -2.36. The van der Waals surface area contributed by atoms with Crippen molar-refractivity contribution in [3.63, 3.8) is 0 Å². The Morgan fingerprint density at radius 1 is 1.20 bits per heavy atom. The summed E-state index contributed by atoms with van der Waals surface area (Å²) < 4.78 is 6.73. The van der Waals surface area contributed by atoms with Gasteiger partial charge in [-0.05, 0) is 50.6 Å². The molecular weight excluding hydrogens is 254 g/mol. The summed E-state index contributed by atoms with van der Waals surface area (Å²) in [6.07, 6.45) is 0.858. The summed E-state index contributed by atoms with van der Waals surface area (Å²) in [5.74, 6) is -0.353. The first-order chi connectivity index (χ1) is 9.49. The average Bonchev–Trinajstić information content (AvgIpc) is 2.73. The van der Waals surface area contributed by atoms with Crippen molar-refractivity contribution in [3.05, 3.63) is 52.3 Å². The van der Waals surface area contributed by atoms with Crippen molar-refractivity contribution in [2.75, 3.05) is 7.11 Å². The Labute approximate surface area is 118 Å². The highest BCUT2D eigenvalue weighted by atomic mass is 16.5. The van der Waals surface area contributed by atoms with Gasteiger partial charge in [-0.15, -0.1) is 0 Å². The van der Waals surface area contributed by atoms with Crippen molar-refractivity contribution in [1.82, 2.24) is 4.57 Å². The number of carbonyl (C=O) groups is 2. The standard InChI is InChI=1S/C16H17NO3/c1-10-7-13(16(19)20-4)5-6-15(10)17-11(2)8-14(9-18)12(17)3/h5-9H,1-4H3. The number of esters is 1. The minimum Gasteiger partial charge on any atom is -0.465 e. The van der Waals surface area contributed by atoms with Crippen LogP contribution in [0.4, 0.5) is 0 Å². The van der Waals surface area contributed by atoms with E-state index in [0.717, 1.165) is 28.9 Å². The van der Waals surface area contributed by atoms with Gasteiger partial charge in [0.2, 0.25) is 0 Å². The third kappa shape index (κ3) is 2.25. The molecule has 2 aromatic rings. The molecule has 1 heterocycles. The highest BCUT2D eigenvalue weighted by Crippen LogP contribution is 2.23. The highest BCUT2D eigenvalue weighted by Gasteiger charge is 2.13. The number of hydrogen-bond donors (Lipinski definition) is 0. The lowest BCUT2D eigenvalue weighted by molar-refractivity contribution is 0.0600. The summed E-state index contributed by atoms with van der Waals surface area (Å²) in [6.45, 7) is 5.79. The number of aryl methyl sites for hydroxylation is 2. The van der Waals surface area contributed by atoms with Crippen molar-refractivity contribution in [1.29, 1.82) is 0 Å². The van der Waals surface area contributed by atoms with E-state index >= 15 is 0 Å². The Kier molecular flexibility index (Phi) is 3.74. The normalized spacial score (nSPS) is 10.4. The molecule has 0 fully saturated rings. The molecule has 2 rings (SSSR count). The lowest BCUT2D eigenvalue weighted by Gasteiger charge is -2.13. The zero-order chi connectivity index (χ0) is 14.9. The van der Waals surface area contributed by atoms with Crippen LogP contribution in [0.2, 0.25) is 0 Å². The molecule has 4 nitrogen and oxygen atoms in total. The number of hydrogen-bond acceptors (Lipinski definition) is 3. The molecule has 0 saturated carbocycles. The van der Waals surface area contributed by atoms with E-state index in [1.807, 2.05) is 37.5 Å². The number of methoxy groups -OCH3 is 1. The van der Waals surface area contributed by atoms with Crippen LogP contribution in [-0.2, 0) is 4.74 Å². The zero-order valence-electron chi connectivity index (χ0n) is 12.1. The van der Waals surface area contributed by atoms with Crippen LogP contribution in [0.5, 0.6) is 0 Å². The first-order valence-electron chi connectivity index (χ1n) is 6.33. The van der Waals surface area contributed by atoms with Crippen LogP contribution in [0.3, 0.4) is 0 Å². The Morgan fingerprint density at radius 2 is 1.90 bits per heavy atom. The number of aldehydes is 1. The molecule has 20 heavy (non-hydrogen) atoms. The second-order valence-electron chi connectivity index (χ2n) is 4.77. The van der Waals surface area contributed by atoms with E-state index in [1.54, 1.807) is 12.1 Å². The maximum atomic E-state index is 11.5. The van der Waals surface area contributed by atoms with Gasteiger partial charge in [0.1, 0.15) is 0 Å². The van der Waals surface area contributed by atoms with Gasteiger partial charge in [-0.3, -0.25) is 4.79 Å². The van der Waals surface area contributed by atoms with Gasteiger partial charge in [-0.2, -0.15) is 0 Å². The first kappa shape index (κ1) is 14.1. The molecule has 0 radical (unpaired) electrons. The van der Waals surface area contributed by atoms with Gasteiger partial charge in [-0.25, -0.2) is 4.79 Å². The van der Waals surface area contributed by atoms with E-state index in [4.69, 9.17) is 4.74 Å². The maximum absolute atomic E-state index is 11.5. The zero-order valence-corrected chi connectivity index (χ0v) is 12.1. The van der Waals surface area contributed by atoms with Crippen molar-refractivity contribution < 1.29 is 14.3 Å².